The quantitative estimate of drug-likeness (QED) is 0.271. The van der Waals surface area contributed by atoms with Crippen molar-refractivity contribution in [2.75, 3.05) is 37.1 Å². The van der Waals surface area contributed by atoms with Gasteiger partial charge in [-0.05, 0) is 6.42 Å². The molecule has 90 valence electrons. The zero-order valence-corrected chi connectivity index (χ0v) is 9.02. The van der Waals surface area contributed by atoms with E-state index in [1.807, 2.05) is 0 Å². The molecule has 0 fully saturated rings. The van der Waals surface area contributed by atoms with Crippen LogP contribution in [0, 0.1) is 0 Å². The molecule has 0 aromatic carbocycles. The van der Waals surface area contributed by atoms with Crippen molar-refractivity contribution in [3.05, 3.63) is 12.4 Å². The largest absolute Gasteiger partial charge is 0.394 e. The fraction of sp³-hybridized carbons (Fsp3) is 0.556. The van der Waals surface area contributed by atoms with E-state index < -0.39 is 0 Å². The Bertz CT molecular complexity index is 297. The highest BCUT2D eigenvalue weighted by Gasteiger charge is 1.96. The Morgan fingerprint density at radius 3 is 2.88 bits per heavy atom. The fourth-order valence-corrected chi connectivity index (χ4v) is 1.09. The average molecular weight is 227 g/mol. The van der Waals surface area contributed by atoms with Gasteiger partial charge in [-0.25, -0.2) is 15.8 Å². The van der Waals surface area contributed by atoms with E-state index in [-0.39, 0.29) is 6.61 Å². The van der Waals surface area contributed by atoms with E-state index in [0.29, 0.717) is 24.8 Å². The van der Waals surface area contributed by atoms with Crippen molar-refractivity contribution in [3.63, 3.8) is 0 Å². The van der Waals surface area contributed by atoms with Crippen molar-refractivity contribution in [2.24, 2.45) is 5.84 Å². The molecule has 0 bridgehead atoms. The molecule has 7 heteroatoms. The number of hydrogen-bond donors (Lipinski definition) is 4. The smallest absolute Gasteiger partial charge is 0.145 e. The number of ether oxygens (including phenoxy) is 1. The van der Waals surface area contributed by atoms with E-state index in [1.54, 1.807) is 6.07 Å². The van der Waals surface area contributed by atoms with Gasteiger partial charge in [0.1, 0.15) is 18.0 Å². The Labute approximate surface area is 94.0 Å². The summed E-state index contributed by atoms with van der Waals surface area (Å²) in [6.07, 6.45) is 2.27. The molecule has 0 unspecified atom stereocenters. The van der Waals surface area contributed by atoms with Crippen LogP contribution in [-0.2, 0) is 4.74 Å². The molecule has 1 heterocycles. The lowest BCUT2D eigenvalue weighted by Gasteiger charge is -2.06. The second-order valence-electron chi connectivity index (χ2n) is 3.05. The zero-order chi connectivity index (χ0) is 11.6. The molecule has 0 spiro atoms. The molecule has 0 radical (unpaired) electrons. The third kappa shape index (κ3) is 4.87. The number of hydrazine groups is 1. The van der Waals surface area contributed by atoms with Crippen LogP contribution < -0.4 is 16.6 Å². The number of nitrogens with one attached hydrogen (secondary N) is 2. The molecular formula is C9H17N5O2. The molecule has 0 saturated carbocycles. The second kappa shape index (κ2) is 7.80. The number of aliphatic hydroxyl groups excluding tert-OH is 1. The molecule has 0 saturated heterocycles. The third-order valence-electron chi connectivity index (χ3n) is 1.82. The van der Waals surface area contributed by atoms with Gasteiger partial charge in [-0.1, -0.05) is 0 Å². The van der Waals surface area contributed by atoms with Crippen molar-refractivity contribution in [1.82, 2.24) is 9.97 Å². The number of aliphatic hydroxyl groups is 1. The zero-order valence-electron chi connectivity index (χ0n) is 9.02. The minimum atomic E-state index is 0.0604. The number of nitrogens with two attached hydrogens (primary N) is 1. The van der Waals surface area contributed by atoms with Gasteiger partial charge in [-0.3, -0.25) is 0 Å². The van der Waals surface area contributed by atoms with Crippen LogP contribution in [-0.4, -0.2) is 41.4 Å². The first kappa shape index (κ1) is 12.6. The van der Waals surface area contributed by atoms with E-state index in [1.165, 1.54) is 6.33 Å². The standard InChI is InChI=1S/C9H17N5O2/c10-14-9-6-8(12-7-13-9)11-2-1-4-16-5-3-15/h6-7,15H,1-5,10H2,(H2,11,12,13,14). The monoisotopic (exact) mass is 227 g/mol. The fourth-order valence-electron chi connectivity index (χ4n) is 1.09. The maximum absolute atomic E-state index is 8.48. The molecular weight excluding hydrogens is 210 g/mol. The van der Waals surface area contributed by atoms with Gasteiger partial charge in [0.15, 0.2) is 0 Å². The van der Waals surface area contributed by atoms with Gasteiger partial charge >= 0.3 is 0 Å². The van der Waals surface area contributed by atoms with Gasteiger partial charge in [0.05, 0.1) is 13.2 Å². The van der Waals surface area contributed by atoms with Crippen LogP contribution in [0.5, 0.6) is 0 Å². The predicted molar refractivity (Wildman–Crippen MR) is 60.9 cm³/mol. The van der Waals surface area contributed by atoms with Crippen LogP contribution in [0.25, 0.3) is 0 Å². The van der Waals surface area contributed by atoms with Gasteiger partial charge in [-0.15, -0.1) is 0 Å². The van der Waals surface area contributed by atoms with Crippen molar-refractivity contribution in [3.8, 4) is 0 Å². The molecule has 1 aromatic rings. The first-order chi connectivity index (χ1) is 7.86. The topological polar surface area (TPSA) is 105 Å². The number of anilines is 2. The Morgan fingerprint density at radius 2 is 2.12 bits per heavy atom. The molecule has 16 heavy (non-hydrogen) atoms. The van der Waals surface area contributed by atoms with Crippen molar-refractivity contribution < 1.29 is 9.84 Å². The molecule has 0 atom stereocenters. The van der Waals surface area contributed by atoms with E-state index in [9.17, 15) is 0 Å². The summed E-state index contributed by atoms with van der Waals surface area (Å²) in [6.45, 7) is 1.80. The molecule has 1 rings (SSSR count). The minimum absolute atomic E-state index is 0.0604. The van der Waals surface area contributed by atoms with E-state index in [4.69, 9.17) is 15.7 Å². The van der Waals surface area contributed by atoms with Gasteiger partial charge in [0.2, 0.25) is 0 Å². The maximum atomic E-state index is 8.48. The first-order valence-corrected chi connectivity index (χ1v) is 5.08. The summed E-state index contributed by atoms with van der Waals surface area (Å²) < 4.78 is 5.11. The lowest BCUT2D eigenvalue weighted by molar-refractivity contribution is 0.0922. The van der Waals surface area contributed by atoms with Crippen molar-refractivity contribution in [1.29, 1.82) is 0 Å². The SMILES string of the molecule is NNc1cc(NCCCOCCO)ncn1. The third-order valence-corrected chi connectivity index (χ3v) is 1.82. The van der Waals surface area contributed by atoms with Crippen molar-refractivity contribution in [2.45, 2.75) is 6.42 Å². The van der Waals surface area contributed by atoms with E-state index in [0.717, 1.165) is 13.0 Å². The normalized spacial score (nSPS) is 10.1. The van der Waals surface area contributed by atoms with Crippen LogP contribution in [0.15, 0.2) is 12.4 Å². The van der Waals surface area contributed by atoms with Gasteiger partial charge < -0.3 is 20.6 Å². The van der Waals surface area contributed by atoms with Crippen LogP contribution in [0.3, 0.4) is 0 Å². The highest BCUT2D eigenvalue weighted by atomic mass is 16.5. The molecule has 0 aliphatic carbocycles. The highest BCUT2D eigenvalue weighted by molar-refractivity contribution is 5.45. The lowest BCUT2D eigenvalue weighted by Crippen LogP contribution is -2.11. The Kier molecular flexibility index (Phi) is 6.16. The molecule has 0 aliphatic rings. The van der Waals surface area contributed by atoms with Gasteiger partial charge in [0, 0.05) is 19.2 Å². The van der Waals surface area contributed by atoms with E-state index >= 15 is 0 Å². The Balaban J connectivity index is 2.16. The summed E-state index contributed by atoms with van der Waals surface area (Å²) in [5, 5.41) is 11.6. The summed E-state index contributed by atoms with van der Waals surface area (Å²) >= 11 is 0. The molecule has 1 aromatic heterocycles. The van der Waals surface area contributed by atoms with Crippen LogP contribution >= 0.6 is 0 Å². The van der Waals surface area contributed by atoms with Gasteiger partial charge in [-0.2, -0.15) is 0 Å². The maximum Gasteiger partial charge on any atom is 0.145 e. The second-order valence-corrected chi connectivity index (χ2v) is 3.05. The predicted octanol–water partition coefficient (Wildman–Crippen LogP) is -0.427. The van der Waals surface area contributed by atoms with E-state index in [2.05, 4.69) is 20.7 Å². The number of rotatable bonds is 8. The highest BCUT2D eigenvalue weighted by Crippen LogP contribution is 2.06. The minimum Gasteiger partial charge on any atom is -0.394 e. The summed E-state index contributed by atoms with van der Waals surface area (Å²) in [6, 6.07) is 1.72. The summed E-state index contributed by atoms with van der Waals surface area (Å²) in [4.78, 5) is 7.91. The van der Waals surface area contributed by atoms with Crippen LogP contribution in [0.2, 0.25) is 0 Å². The number of nitrogens with zero attached hydrogens (tertiary/aromatic N) is 2. The molecule has 0 amide bonds. The first-order valence-electron chi connectivity index (χ1n) is 5.08. The average Bonchev–Trinajstić information content (AvgIpc) is 2.34. The van der Waals surface area contributed by atoms with Crippen LogP contribution in [0.4, 0.5) is 11.6 Å². The molecule has 0 aliphatic heterocycles. The number of hydrogen-bond acceptors (Lipinski definition) is 7. The number of aromatic nitrogens is 2. The molecule has 5 N–H and O–H groups in total. The van der Waals surface area contributed by atoms with Crippen LogP contribution in [0.1, 0.15) is 6.42 Å². The Morgan fingerprint density at radius 1 is 1.31 bits per heavy atom. The number of nitrogen functional groups attached to an aromatic ring is 1. The Hall–Kier alpha value is -1.44. The summed E-state index contributed by atoms with van der Waals surface area (Å²) in [5.41, 5.74) is 2.44. The van der Waals surface area contributed by atoms with Gasteiger partial charge in [0.25, 0.3) is 0 Å². The summed E-state index contributed by atoms with van der Waals surface area (Å²) in [7, 11) is 0. The van der Waals surface area contributed by atoms with Crippen molar-refractivity contribution >= 4 is 11.6 Å². The summed E-state index contributed by atoms with van der Waals surface area (Å²) in [5.74, 6) is 6.49. The molecule has 7 nitrogen and oxygen atoms in total. The lowest BCUT2D eigenvalue weighted by atomic mass is 10.4.